The van der Waals surface area contributed by atoms with E-state index in [0.717, 1.165) is 37.3 Å². The zero-order chi connectivity index (χ0) is 19.2. The Balaban J connectivity index is 1.30. The predicted molar refractivity (Wildman–Crippen MR) is 113 cm³/mol. The summed E-state index contributed by atoms with van der Waals surface area (Å²) >= 11 is 0. The van der Waals surface area contributed by atoms with Gasteiger partial charge in [-0.15, -0.1) is 0 Å². The molecule has 0 spiro atoms. The highest BCUT2D eigenvalue weighted by molar-refractivity contribution is 5.52. The van der Waals surface area contributed by atoms with Gasteiger partial charge in [0.05, 0.1) is 5.69 Å². The van der Waals surface area contributed by atoms with Crippen LogP contribution in [0.3, 0.4) is 0 Å². The van der Waals surface area contributed by atoms with Crippen molar-refractivity contribution < 1.29 is 4.42 Å². The van der Waals surface area contributed by atoms with Gasteiger partial charge in [-0.1, -0.05) is 48.5 Å². The van der Waals surface area contributed by atoms with Crippen LogP contribution in [-0.4, -0.2) is 47.5 Å². The van der Waals surface area contributed by atoms with E-state index in [0.29, 0.717) is 11.9 Å². The Morgan fingerprint density at radius 3 is 2.61 bits per heavy atom. The van der Waals surface area contributed by atoms with E-state index in [1.54, 1.807) is 6.26 Å². The third-order valence-electron chi connectivity index (χ3n) is 5.65. The molecule has 1 aliphatic heterocycles. The van der Waals surface area contributed by atoms with Crippen molar-refractivity contribution in [2.75, 3.05) is 26.7 Å². The minimum absolute atomic E-state index is 0.571. The summed E-state index contributed by atoms with van der Waals surface area (Å²) in [6.45, 7) is 4.30. The van der Waals surface area contributed by atoms with E-state index in [9.17, 15) is 0 Å². The van der Waals surface area contributed by atoms with Gasteiger partial charge in [-0.2, -0.15) is 0 Å². The highest BCUT2D eigenvalue weighted by atomic mass is 16.3. The molecule has 1 aromatic heterocycles. The van der Waals surface area contributed by atoms with Crippen LogP contribution in [-0.2, 0) is 13.0 Å². The molecule has 146 valence electrons. The van der Waals surface area contributed by atoms with Crippen LogP contribution in [0.25, 0.3) is 11.5 Å². The van der Waals surface area contributed by atoms with Crippen molar-refractivity contribution in [2.45, 2.75) is 31.8 Å². The van der Waals surface area contributed by atoms with Gasteiger partial charge in [-0.3, -0.25) is 4.90 Å². The first-order valence-corrected chi connectivity index (χ1v) is 10.2. The quantitative estimate of drug-likeness (QED) is 0.609. The predicted octanol–water partition coefficient (Wildman–Crippen LogP) is 4.48. The monoisotopic (exact) mass is 375 g/mol. The minimum atomic E-state index is 0.571. The molecule has 0 saturated carbocycles. The molecule has 0 unspecified atom stereocenters. The summed E-state index contributed by atoms with van der Waals surface area (Å²) in [5, 5.41) is 0. The molecule has 2 aromatic carbocycles. The lowest BCUT2D eigenvalue weighted by Crippen LogP contribution is -2.46. The van der Waals surface area contributed by atoms with Crippen LogP contribution in [0.15, 0.2) is 71.3 Å². The molecular weight excluding hydrogens is 346 g/mol. The van der Waals surface area contributed by atoms with Crippen molar-refractivity contribution >= 4 is 0 Å². The third-order valence-corrected chi connectivity index (χ3v) is 5.65. The van der Waals surface area contributed by atoms with Gasteiger partial charge in [0.2, 0.25) is 5.89 Å². The molecule has 4 rings (SSSR count). The van der Waals surface area contributed by atoms with E-state index in [1.165, 1.54) is 24.9 Å². The molecular formula is C24H29N3O. The van der Waals surface area contributed by atoms with Crippen molar-refractivity contribution in [3.05, 3.63) is 78.2 Å². The summed E-state index contributed by atoms with van der Waals surface area (Å²) in [6, 6.07) is 21.5. The van der Waals surface area contributed by atoms with Gasteiger partial charge in [-0.25, -0.2) is 4.98 Å². The first-order valence-electron chi connectivity index (χ1n) is 10.2. The fourth-order valence-corrected chi connectivity index (χ4v) is 4.00. The number of likely N-dealkylation sites (tertiary alicyclic amines) is 1. The second-order valence-corrected chi connectivity index (χ2v) is 7.76. The molecule has 0 aliphatic carbocycles. The smallest absolute Gasteiger partial charge is 0.226 e. The van der Waals surface area contributed by atoms with E-state index in [1.807, 2.05) is 30.3 Å². The molecule has 1 saturated heterocycles. The molecule has 1 aliphatic rings. The molecule has 1 fully saturated rings. The van der Waals surface area contributed by atoms with E-state index in [2.05, 4.69) is 52.2 Å². The standard InChI is InChI=1S/C24H29N3O/c1-26(17-22-19-28-24(25-22)21-11-6-3-7-12-21)23-13-8-15-27(18-23)16-14-20-9-4-2-5-10-20/h2-7,9-12,19,23H,8,13-18H2,1H3/t23-/m0/s1. The second kappa shape index (κ2) is 9.18. The molecule has 0 amide bonds. The van der Waals surface area contributed by atoms with Crippen molar-refractivity contribution in [2.24, 2.45) is 0 Å². The Kier molecular flexibility index (Phi) is 6.20. The third kappa shape index (κ3) is 4.89. The van der Waals surface area contributed by atoms with Crippen LogP contribution < -0.4 is 0 Å². The lowest BCUT2D eigenvalue weighted by molar-refractivity contribution is 0.112. The molecule has 0 bridgehead atoms. The first kappa shape index (κ1) is 18.9. The van der Waals surface area contributed by atoms with Crippen LogP contribution in [0.1, 0.15) is 24.1 Å². The normalized spacial score (nSPS) is 17.9. The molecule has 28 heavy (non-hydrogen) atoms. The average molecular weight is 376 g/mol. The zero-order valence-electron chi connectivity index (χ0n) is 16.6. The Labute approximate surface area is 167 Å². The Bertz CT molecular complexity index is 847. The Morgan fingerprint density at radius 1 is 1.07 bits per heavy atom. The molecule has 2 heterocycles. The van der Waals surface area contributed by atoms with Gasteiger partial charge >= 0.3 is 0 Å². The number of nitrogens with zero attached hydrogens (tertiary/aromatic N) is 3. The number of hydrogen-bond acceptors (Lipinski definition) is 4. The lowest BCUT2D eigenvalue weighted by atomic mass is 10.0. The number of likely N-dealkylation sites (N-methyl/N-ethyl adjacent to an activating group) is 1. The van der Waals surface area contributed by atoms with Gasteiger partial charge in [-0.05, 0) is 50.6 Å². The van der Waals surface area contributed by atoms with Crippen molar-refractivity contribution in [3.63, 3.8) is 0 Å². The number of piperidine rings is 1. The molecule has 1 atom stereocenters. The zero-order valence-corrected chi connectivity index (χ0v) is 16.6. The Hall–Kier alpha value is -2.43. The van der Waals surface area contributed by atoms with E-state index in [-0.39, 0.29) is 0 Å². The highest BCUT2D eigenvalue weighted by Gasteiger charge is 2.23. The maximum Gasteiger partial charge on any atom is 0.226 e. The molecule has 4 nitrogen and oxygen atoms in total. The highest BCUT2D eigenvalue weighted by Crippen LogP contribution is 2.21. The number of rotatable bonds is 7. The fraction of sp³-hybridized carbons (Fsp3) is 0.375. The fourth-order valence-electron chi connectivity index (χ4n) is 4.00. The minimum Gasteiger partial charge on any atom is -0.444 e. The number of oxazole rings is 1. The Morgan fingerprint density at radius 2 is 1.82 bits per heavy atom. The summed E-state index contributed by atoms with van der Waals surface area (Å²) in [4.78, 5) is 9.73. The van der Waals surface area contributed by atoms with Crippen LogP contribution in [0.2, 0.25) is 0 Å². The van der Waals surface area contributed by atoms with Gasteiger partial charge in [0, 0.05) is 31.2 Å². The molecule has 3 aromatic rings. The number of benzene rings is 2. The van der Waals surface area contributed by atoms with Gasteiger partial charge in [0.15, 0.2) is 0 Å². The van der Waals surface area contributed by atoms with E-state index in [4.69, 9.17) is 4.42 Å². The molecule has 0 radical (unpaired) electrons. The summed E-state index contributed by atoms with van der Waals surface area (Å²) in [6.07, 6.45) is 5.44. The van der Waals surface area contributed by atoms with E-state index >= 15 is 0 Å². The van der Waals surface area contributed by atoms with Gasteiger partial charge in [0.1, 0.15) is 6.26 Å². The number of hydrogen-bond donors (Lipinski definition) is 0. The topological polar surface area (TPSA) is 32.5 Å². The second-order valence-electron chi connectivity index (χ2n) is 7.76. The van der Waals surface area contributed by atoms with Crippen molar-refractivity contribution in [1.29, 1.82) is 0 Å². The largest absolute Gasteiger partial charge is 0.444 e. The van der Waals surface area contributed by atoms with Crippen molar-refractivity contribution in [3.8, 4) is 11.5 Å². The number of aromatic nitrogens is 1. The van der Waals surface area contributed by atoms with Crippen LogP contribution >= 0.6 is 0 Å². The first-order chi connectivity index (χ1) is 13.8. The summed E-state index contributed by atoms with van der Waals surface area (Å²) in [5.74, 6) is 0.706. The maximum atomic E-state index is 5.70. The van der Waals surface area contributed by atoms with Crippen LogP contribution in [0, 0.1) is 0 Å². The van der Waals surface area contributed by atoms with Gasteiger partial charge in [0.25, 0.3) is 0 Å². The summed E-state index contributed by atoms with van der Waals surface area (Å²) < 4.78 is 5.70. The maximum absolute atomic E-state index is 5.70. The molecule has 4 heteroatoms. The molecule has 0 N–H and O–H groups in total. The van der Waals surface area contributed by atoms with Crippen molar-refractivity contribution in [1.82, 2.24) is 14.8 Å². The van der Waals surface area contributed by atoms with Crippen LogP contribution in [0.5, 0.6) is 0 Å². The summed E-state index contributed by atoms with van der Waals surface area (Å²) in [5.41, 5.74) is 3.46. The van der Waals surface area contributed by atoms with E-state index < -0.39 is 0 Å². The summed E-state index contributed by atoms with van der Waals surface area (Å²) in [7, 11) is 2.21. The van der Waals surface area contributed by atoms with Gasteiger partial charge < -0.3 is 9.32 Å². The average Bonchev–Trinajstić information content (AvgIpc) is 3.22. The lowest BCUT2D eigenvalue weighted by Gasteiger charge is -2.37. The SMILES string of the molecule is CN(Cc1coc(-c2ccccc2)n1)[C@H]1CCCN(CCc2ccccc2)C1. The van der Waals surface area contributed by atoms with Crippen LogP contribution in [0.4, 0.5) is 0 Å².